The number of carbonyl (C=O) groups is 4. The molecule has 2 unspecified atom stereocenters. The minimum Gasteiger partial charge on any atom is -0.375 e. The van der Waals surface area contributed by atoms with Crippen LogP contribution in [0.3, 0.4) is 0 Å². The van der Waals surface area contributed by atoms with E-state index in [2.05, 4.69) is 38.8 Å². The summed E-state index contributed by atoms with van der Waals surface area (Å²) in [5.74, 6) is -0.935. The Morgan fingerprint density at radius 2 is 1.51 bits per heavy atom. The lowest BCUT2D eigenvalue weighted by molar-refractivity contribution is 0.00866. The number of fused-ring (bicyclic) bond motifs is 2. The Balaban J connectivity index is 0.000000195. The number of unbranched alkanes of at least 4 members (excludes halogenated alkanes) is 5. The van der Waals surface area contributed by atoms with Gasteiger partial charge >= 0.3 is 0 Å². The Hall–Kier alpha value is -2.88. The number of hydrogen-bond donors (Lipinski definition) is 3. The number of morpholine rings is 1. The second-order valence-corrected chi connectivity index (χ2v) is 11.5. The van der Waals surface area contributed by atoms with Crippen molar-refractivity contribution in [1.29, 1.82) is 0 Å². The zero-order valence-electron chi connectivity index (χ0n) is 23.7. The van der Waals surface area contributed by atoms with Crippen LogP contribution in [-0.4, -0.2) is 54.8 Å². The third-order valence-electron chi connectivity index (χ3n) is 7.90. The van der Waals surface area contributed by atoms with Crippen LogP contribution in [-0.2, 0) is 11.2 Å². The second kappa shape index (κ2) is 15.4. The van der Waals surface area contributed by atoms with Gasteiger partial charge in [0.05, 0.1) is 35.0 Å². The van der Waals surface area contributed by atoms with Crippen LogP contribution in [0.5, 0.6) is 0 Å². The topological polar surface area (TPSA) is 114 Å². The van der Waals surface area contributed by atoms with Crippen LogP contribution in [0.25, 0.3) is 0 Å². The van der Waals surface area contributed by atoms with Crippen molar-refractivity contribution in [2.24, 2.45) is 0 Å². The number of nitrogens with one attached hydrogen (secondary N) is 3. The molecule has 1 saturated heterocycles. The smallest absolute Gasteiger partial charge is 0.259 e. The maximum atomic E-state index is 12.2. The lowest BCUT2D eigenvalue weighted by Crippen LogP contribution is -2.42. The van der Waals surface area contributed by atoms with E-state index in [0.717, 1.165) is 74.5 Å². The summed E-state index contributed by atoms with van der Waals surface area (Å²) in [6.07, 6.45) is 9.91. The molecule has 3 N–H and O–H groups in total. The summed E-state index contributed by atoms with van der Waals surface area (Å²) in [6, 6.07) is 11.1. The predicted octanol–water partition coefficient (Wildman–Crippen LogP) is 5.29. The van der Waals surface area contributed by atoms with Gasteiger partial charge in [0.1, 0.15) is 0 Å². The van der Waals surface area contributed by atoms with Crippen LogP contribution < -0.4 is 16.0 Å². The van der Waals surface area contributed by atoms with E-state index in [4.69, 9.17) is 4.74 Å². The highest BCUT2D eigenvalue weighted by Crippen LogP contribution is 2.34. The molecule has 2 atom stereocenters. The molecular formula is C32H40BrN3O5. The van der Waals surface area contributed by atoms with Gasteiger partial charge in [0.15, 0.2) is 0 Å². The molecule has 3 heterocycles. The molecule has 1 fully saturated rings. The van der Waals surface area contributed by atoms with Crippen LogP contribution in [0.1, 0.15) is 117 Å². The fraction of sp³-hybridized carbons (Fsp3) is 0.500. The van der Waals surface area contributed by atoms with E-state index in [1.807, 2.05) is 24.3 Å². The summed E-state index contributed by atoms with van der Waals surface area (Å²) in [6.45, 7) is 4.52. The molecule has 2 aromatic carbocycles. The van der Waals surface area contributed by atoms with Crippen molar-refractivity contribution in [3.63, 3.8) is 0 Å². The highest BCUT2D eigenvalue weighted by Gasteiger charge is 2.35. The minimum absolute atomic E-state index is 0.0515. The summed E-state index contributed by atoms with van der Waals surface area (Å²) in [5.41, 5.74) is 4.11. The van der Waals surface area contributed by atoms with Gasteiger partial charge in [-0.1, -0.05) is 79.2 Å². The number of imide groups is 2. The third-order valence-corrected chi connectivity index (χ3v) is 8.46. The number of rotatable bonds is 12. The molecule has 0 saturated carbocycles. The van der Waals surface area contributed by atoms with Crippen molar-refractivity contribution < 1.29 is 23.9 Å². The first-order valence-electron chi connectivity index (χ1n) is 14.8. The van der Waals surface area contributed by atoms with Gasteiger partial charge in [-0.3, -0.25) is 29.8 Å². The molecule has 9 heteroatoms. The maximum Gasteiger partial charge on any atom is 0.259 e. The zero-order chi connectivity index (χ0) is 29.2. The van der Waals surface area contributed by atoms with Crippen LogP contribution >= 0.6 is 15.9 Å². The van der Waals surface area contributed by atoms with E-state index in [-0.39, 0.29) is 35.7 Å². The van der Waals surface area contributed by atoms with E-state index in [1.165, 1.54) is 12.8 Å². The van der Waals surface area contributed by atoms with Gasteiger partial charge in [-0.2, -0.15) is 0 Å². The highest BCUT2D eigenvalue weighted by atomic mass is 79.9. The van der Waals surface area contributed by atoms with Crippen molar-refractivity contribution in [1.82, 2.24) is 16.0 Å². The molecule has 0 spiro atoms. The van der Waals surface area contributed by atoms with Gasteiger partial charge in [0.25, 0.3) is 23.6 Å². The van der Waals surface area contributed by atoms with Crippen LogP contribution in [0, 0.1) is 0 Å². The monoisotopic (exact) mass is 625 g/mol. The third kappa shape index (κ3) is 7.70. The molecule has 220 valence electrons. The summed E-state index contributed by atoms with van der Waals surface area (Å²) >= 11 is 3.41. The predicted molar refractivity (Wildman–Crippen MR) is 162 cm³/mol. The lowest BCUT2D eigenvalue weighted by Gasteiger charge is -2.32. The number of benzene rings is 2. The Morgan fingerprint density at radius 3 is 2.20 bits per heavy atom. The van der Waals surface area contributed by atoms with Gasteiger partial charge in [-0.25, -0.2) is 0 Å². The van der Waals surface area contributed by atoms with E-state index >= 15 is 0 Å². The highest BCUT2D eigenvalue weighted by molar-refractivity contribution is 9.09. The first-order chi connectivity index (χ1) is 20.0. The van der Waals surface area contributed by atoms with Gasteiger partial charge in [0, 0.05) is 24.3 Å². The van der Waals surface area contributed by atoms with Gasteiger partial charge < -0.3 is 10.1 Å². The largest absolute Gasteiger partial charge is 0.375 e. The Labute approximate surface area is 250 Å². The molecular weight excluding hydrogens is 586 g/mol. The Morgan fingerprint density at radius 1 is 0.829 bits per heavy atom. The Kier molecular flexibility index (Phi) is 11.7. The molecule has 5 rings (SSSR count). The van der Waals surface area contributed by atoms with E-state index in [1.54, 1.807) is 12.1 Å². The summed E-state index contributed by atoms with van der Waals surface area (Å²) in [7, 11) is 0. The second-order valence-electron chi connectivity index (χ2n) is 10.7. The van der Waals surface area contributed by atoms with Crippen LogP contribution in [0.4, 0.5) is 0 Å². The molecule has 0 bridgehead atoms. The van der Waals surface area contributed by atoms with Gasteiger partial charge in [0.2, 0.25) is 0 Å². The van der Waals surface area contributed by atoms with Crippen molar-refractivity contribution in [3.8, 4) is 0 Å². The standard InChI is InChI=1S/C18H24N2O3.C14H16BrNO2/c1-2-3-4-6-12(15-11-19-9-10-23-15)13-7-5-8-14-16(13)18(22)20-17(14)21;15-9-4-2-1-3-6-10-7-5-8-11-12(10)14(18)16-13(11)17/h5,7-8,12,15,19H,2-4,6,9-11H2,1H3,(H,20,21,22);5,7-8H,1-4,6,9H2,(H,16,17,18). The molecule has 0 aliphatic carbocycles. The minimum atomic E-state index is -0.290. The Bertz CT molecular complexity index is 1260. The zero-order valence-corrected chi connectivity index (χ0v) is 25.3. The molecule has 4 amide bonds. The first kappa shape index (κ1) is 31.1. The van der Waals surface area contributed by atoms with Crippen molar-refractivity contribution in [2.75, 3.05) is 25.0 Å². The van der Waals surface area contributed by atoms with E-state index < -0.39 is 0 Å². The fourth-order valence-electron chi connectivity index (χ4n) is 5.82. The summed E-state index contributed by atoms with van der Waals surface area (Å²) in [5, 5.41) is 9.18. The molecule has 8 nitrogen and oxygen atoms in total. The lowest BCUT2D eigenvalue weighted by atomic mass is 9.84. The van der Waals surface area contributed by atoms with Crippen LogP contribution in [0.15, 0.2) is 36.4 Å². The van der Waals surface area contributed by atoms with Gasteiger partial charge in [-0.15, -0.1) is 0 Å². The summed E-state index contributed by atoms with van der Waals surface area (Å²) < 4.78 is 5.97. The molecule has 41 heavy (non-hydrogen) atoms. The van der Waals surface area contributed by atoms with Crippen LogP contribution in [0.2, 0.25) is 0 Å². The SMILES string of the molecule is CCCCCC(c1cccc2c1C(=O)NC2=O)C1CNCCO1.O=C1NC(=O)c2c(CCCCCCBr)cccc21. The number of carbonyl (C=O) groups excluding carboxylic acids is 4. The van der Waals surface area contributed by atoms with Gasteiger partial charge in [-0.05, 0) is 48.9 Å². The molecule has 0 radical (unpaired) electrons. The molecule has 0 aromatic heterocycles. The number of ether oxygens (including phenoxy) is 1. The number of halogens is 1. The summed E-state index contributed by atoms with van der Waals surface area (Å²) in [4.78, 5) is 47.3. The first-order valence-corrected chi connectivity index (χ1v) is 15.9. The van der Waals surface area contributed by atoms with Crippen molar-refractivity contribution >= 4 is 39.6 Å². The van der Waals surface area contributed by atoms with Crippen molar-refractivity contribution in [3.05, 3.63) is 69.8 Å². The number of aryl methyl sites for hydroxylation is 1. The number of alkyl halides is 1. The molecule has 3 aliphatic heterocycles. The quantitative estimate of drug-likeness (QED) is 0.168. The van der Waals surface area contributed by atoms with Crippen molar-refractivity contribution in [2.45, 2.75) is 76.7 Å². The number of amides is 4. The average molecular weight is 627 g/mol. The average Bonchev–Trinajstić information content (AvgIpc) is 3.45. The van der Waals surface area contributed by atoms with E-state index in [9.17, 15) is 19.2 Å². The normalized spacial score (nSPS) is 18.2. The fourth-order valence-corrected chi connectivity index (χ4v) is 6.21. The maximum absolute atomic E-state index is 12.2. The van der Waals surface area contributed by atoms with E-state index in [0.29, 0.717) is 28.9 Å². The number of hydrogen-bond acceptors (Lipinski definition) is 6. The molecule has 3 aliphatic rings. The molecule has 2 aromatic rings.